The second-order valence-corrected chi connectivity index (χ2v) is 2.63. The van der Waals surface area contributed by atoms with E-state index in [1.165, 1.54) is 7.05 Å². The molecule has 1 rings (SSSR count). The van der Waals surface area contributed by atoms with E-state index in [4.69, 9.17) is 14.2 Å². The van der Waals surface area contributed by atoms with Gasteiger partial charge in [-0.3, -0.25) is 0 Å². The highest BCUT2D eigenvalue weighted by molar-refractivity contribution is 5.66. The third-order valence-corrected chi connectivity index (χ3v) is 1.72. The number of carbonyl (C=O) groups is 1. The Morgan fingerprint density at radius 3 is 2.25 bits per heavy atom. The lowest BCUT2D eigenvalue weighted by Crippen LogP contribution is -2.26. The zero-order valence-electron chi connectivity index (χ0n) is 7.37. The van der Waals surface area contributed by atoms with Crippen LogP contribution in [-0.2, 0) is 14.2 Å². The van der Waals surface area contributed by atoms with Gasteiger partial charge in [0.05, 0.1) is 12.2 Å². The van der Waals surface area contributed by atoms with E-state index in [0.29, 0.717) is 0 Å². The van der Waals surface area contributed by atoms with Crippen LogP contribution in [0.1, 0.15) is 13.8 Å². The van der Waals surface area contributed by atoms with Crippen LogP contribution in [-0.4, -0.2) is 31.8 Å². The summed E-state index contributed by atoms with van der Waals surface area (Å²) in [4.78, 5) is 10.7. The van der Waals surface area contributed by atoms with Gasteiger partial charge in [0.2, 0.25) is 0 Å². The van der Waals surface area contributed by atoms with E-state index in [1.807, 2.05) is 13.8 Å². The zero-order chi connectivity index (χ0) is 9.14. The van der Waals surface area contributed by atoms with Crippen LogP contribution in [0, 0.1) is 0 Å². The SMILES string of the molecule is CNC(=O)OC1OC(C)C(C)O1. The van der Waals surface area contributed by atoms with Gasteiger partial charge >= 0.3 is 12.6 Å². The summed E-state index contributed by atoms with van der Waals surface area (Å²) in [6, 6.07) is 0. The standard InChI is InChI=1S/C7H13NO4/c1-4-5(2)11-7(10-4)12-6(9)8-3/h4-5,7H,1-3H3,(H,8,9). The molecule has 1 aliphatic rings. The molecule has 1 saturated heterocycles. The summed E-state index contributed by atoms with van der Waals surface area (Å²) in [5, 5.41) is 2.30. The van der Waals surface area contributed by atoms with Gasteiger partial charge in [0.25, 0.3) is 0 Å². The number of alkyl carbamates (subject to hydrolysis) is 1. The van der Waals surface area contributed by atoms with Gasteiger partial charge in [-0.05, 0) is 13.8 Å². The number of amides is 1. The van der Waals surface area contributed by atoms with Crippen molar-refractivity contribution >= 4 is 6.09 Å². The fourth-order valence-corrected chi connectivity index (χ4v) is 0.806. The van der Waals surface area contributed by atoms with E-state index >= 15 is 0 Å². The van der Waals surface area contributed by atoms with Crippen molar-refractivity contribution in [3.8, 4) is 0 Å². The molecule has 0 radical (unpaired) electrons. The molecule has 0 spiro atoms. The van der Waals surface area contributed by atoms with E-state index < -0.39 is 12.6 Å². The molecule has 1 aliphatic heterocycles. The average molecular weight is 175 g/mol. The third-order valence-electron chi connectivity index (χ3n) is 1.72. The summed E-state index contributed by atoms with van der Waals surface area (Å²) in [5.41, 5.74) is 0. The molecule has 2 atom stereocenters. The zero-order valence-corrected chi connectivity index (χ0v) is 7.37. The van der Waals surface area contributed by atoms with Crippen LogP contribution < -0.4 is 5.32 Å². The predicted octanol–water partition coefficient (Wildman–Crippen LogP) is 0.450. The second kappa shape index (κ2) is 3.73. The predicted molar refractivity (Wildman–Crippen MR) is 40.4 cm³/mol. The maximum atomic E-state index is 10.7. The topological polar surface area (TPSA) is 56.8 Å². The first-order valence-corrected chi connectivity index (χ1v) is 3.82. The van der Waals surface area contributed by atoms with E-state index in [2.05, 4.69) is 5.32 Å². The highest BCUT2D eigenvalue weighted by atomic mass is 16.9. The molecule has 70 valence electrons. The van der Waals surface area contributed by atoms with Gasteiger partial charge in [-0.25, -0.2) is 4.79 Å². The van der Waals surface area contributed by atoms with Gasteiger partial charge in [-0.1, -0.05) is 0 Å². The number of hydrogen-bond acceptors (Lipinski definition) is 4. The van der Waals surface area contributed by atoms with Crippen molar-refractivity contribution in [3.63, 3.8) is 0 Å². The number of ether oxygens (including phenoxy) is 3. The number of hydrogen-bond donors (Lipinski definition) is 1. The molecule has 5 heteroatoms. The summed E-state index contributed by atoms with van der Waals surface area (Å²) in [6.45, 7) is 2.85. The first-order chi connectivity index (χ1) is 5.63. The molecule has 1 amide bonds. The summed E-state index contributed by atoms with van der Waals surface area (Å²) >= 11 is 0. The second-order valence-electron chi connectivity index (χ2n) is 2.63. The molecule has 1 heterocycles. The summed E-state index contributed by atoms with van der Waals surface area (Å²) < 4.78 is 15.0. The molecular weight excluding hydrogens is 162 g/mol. The van der Waals surface area contributed by atoms with E-state index in [0.717, 1.165) is 0 Å². The van der Waals surface area contributed by atoms with E-state index in [9.17, 15) is 4.79 Å². The van der Waals surface area contributed by atoms with Gasteiger partial charge in [-0.2, -0.15) is 0 Å². The summed E-state index contributed by atoms with van der Waals surface area (Å²) in [6.07, 6.45) is -0.638. The Balaban J connectivity index is 2.32. The Bertz CT molecular complexity index is 163. The molecule has 0 aromatic rings. The molecule has 2 unspecified atom stereocenters. The summed E-state index contributed by atoms with van der Waals surface area (Å²) in [5.74, 6) is 0. The molecule has 1 fully saturated rings. The van der Waals surface area contributed by atoms with Crippen LogP contribution in [0.3, 0.4) is 0 Å². The van der Waals surface area contributed by atoms with Crippen molar-refractivity contribution in [2.75, 3.05) is 7.05 Å². The van der Waals surface area contributed by atoms with E-state index in [1.54, 1.807) is 0 Å². The normalized spacial score (nSPS) is 34.8. The molecule has 1 N–H and O–H groups in total. The Morgan fingerprint density at radius 2 is 1.83 bits per heavy atom. The smallest absolute Gasteiger partial charge is 0.394 e. The van der Waals surface area contributed by atoms with Crippen LogP contribution in [0.2, 0.25) is 0 Å². The highest BCUT2D eigenvalue weighted by Crippen LogP contribution is 2.18. The van der Waals surface area contributed by atoms with Gasteiger partial charge in [-0.15, -0.1) is 0 Å². The van der Waals surface area contributed by atoms with Crippen LogP contribution in [0.15, 0.2) is 0 Å². The highest BCUT2D eigenvalue weighted by Gasteiger charge is 2.32. The number of nitrogens with one attached hydrogen (secondary N) is 1. The fourth-order valence-electron chi connectivity index (χ4n) is 0.806. The lowest BCUT2D eigenvalue weighted by Gasteiger charge is -2.09. The van der Waals surface area contributed by atoms with Crippen LogP contribution >= 0.6 is 0 Å². The minimum absolute atomic E-state index is 0.0420. The maximum Gasteiger partial charge on any atom is 0.410 e. The Morgan fingerprint density at radius 1 is 1.33 bits per heavy atom. The molecule has 0 aromatic heterocycles. The van der Waals surface area contributed by atoms with Crippen molar-refractivity contribution < 1.29 is 19.0 Å². The Hall–Kier alpha value is -0.810. The van der Waals surface area contributed by atoms with Crippen LogP contribution in [0.4, 0.5) is 4.79 Å². The van der Waals surface area contributed by atoms with Gasteiger partial charge < -0.3 is 19.5 Å². The molecule has 5 nitrogen and oxygen atoms in total. The quantitative estimate of drug-likeness (QED) is 0.628. The average Bonchev–Trinajstić information content (AvgIpc) is 2.31. The molecule has 0 bridgehead atoms. The molecular formula is C7H13NO4. The summed E-state index contributed by atoms with van der Waals surface area (Å²) in [7, 11) is 1.48. The van der Waals surface area contributed by atoms with Crippen molar-refractivity contribution in [1.29, 1.82) is 0 Å². The largest absolute Gasteiger partial charge is 0.410 e. The fraction of sp³-hybridized carbons (Fsp3) is 0.857. The first kappa shape index (κ1) is 9.28. The van der Waals surface area contributed by atoms with Crippen LogP contribution in [0.25, 0.3) is 0 Å². The van der Waals surface area contributed by atoms with Crippen molar-refractivity contribution in [3.05, 3.63) is 0 Å². The third kappa shape index (κ3) is 2.09. The van der Waals surface area contributed by atoms with Crippen molar-refractivity contribution in [2.45, 2.75) is 32.5 Å². The van der Waals surface area contributed by atoms with Crippen LogP contribution in [0.5, 0.6) is 0 Å². The lowest BCUT2D eigenvalue weighted by molar-refractivity contribution is -0.207. The van der Waals surface area contributed by atoms with E-state index in [-0.39, 0.29) is 12.2 Å². The monoisotopic (exact) mass is 175 g/mol. The Kier molecular flexibility index (Phi) is 2.88. The first-order valence-electron chi connectivity index (χ1n) is 3.82. The molecule has 0 aliphatic carbocycles. The Labute approximate surface area is 71.0 Å². The van der Waals surface area contributed by atoms with Crippen molar-refractivity contribution in [1.82, 2.24) is 5.32 Å². The number of rotatable bonds is 1. The van der Waals surface area contributed by atoms with Gasteiger partial charge in [0, 0.05) is 7.05 Å². The van der Waals surface area contributed by atoms with Gasteiger partial charge in [0.1, 0.15) is 0 Å². The van der Waals surface area contributed by atoms with Crippen molar-refractivity contribution in [2.24, 2.45) is 0 Å². The van der Waals surface area contributed by atoms with Gasteiger partial charge in [0.15, 0.2) is 0 Å². The maximum absolute atomic E-state index is 10.7. The molecule has 12 heavy (non-hydrogen) atoms. The molecule has 0 aromatic carbocycles. The molecule has 0 saturated carbocycles. The lowest BCUT2D eigenvalue weighted by atomic mass is 10.3. The number of carbonyl (C=O) groups excluding carboxylic acids is 1. The minimum Gasteiger partial charge on any atom is -0.394 e. The minimum atomic E-state index is -0.866.